The van der Waals surface area contributed by atoms with E-state index in [2.05, 4.69) is 39.0 Å². The van der Waals surface area contributed by atoms with Gasteiger partial charge >= 0.3 is 0 Å². The molecule has 2 nitrogen and oxygen atoms in total. The Kier molecular flexibility index (Phi) is 4.55. The summed E-state index contributed by atoms with van der Waals surface area (Å²) in [6.45, 7) is 8.51. The van der Waals surface area contributed by atoms with Crippen LogP contribution in [0.5, 0.6) is 0 Å². The minimum atomic E-state index is 0.129. The largest absolute Gasteiger partial charge is 0.500 e. The smallest absolute Gasteiger partial charge is 0.114 e. The molecule has 1 rings (SSSR count). The first-order valence-corrected chi connectivity index (χ1v) is 6.22. The molecule has 1 aromatic carbocycles. The van der Waals surface area contributed by atoms with Crippen molar-refractivity contribution in [1.29, 1.82) is 5.26 Å². The highest BCUT2D eigenvalue weighted by atomic mass is 16.5. The summed E-state index contributed by atoms with van der Waals surface area (Å²) in [5, 5.41) is 9.25. The van der Waals surface area contributed by atoms with Crippen molar-refractivity contribution in [2.75, 3.05) is 7.11 Å². The third-order valence-electron chi connectivity index (χ3n) is 3.00. The highest BCUT2D eigenvalue weighted by Crippen LogP contribution is 2.26. The Morgan fingerprint density at radius 3 is 2.11 bits per heavy atom. The summed E-state index contributed by atoms with van der Waals surface area (Å²) in [5.74, 6) is 0.737. The quantitative estimate of drug-likeness (QED) is 0.586. The number of rotatable bonds is 3. The van der Waals surface area contributed by atoms with Gasteiger partial charge in [-0.05, 0) is 16.5 Å². The molecule has 96 valence electrons. The molecule has 0 saturated heterocycles. The number of hydrogen-bond acceptors (Lipinski definition) is 2. The Morgan fingerprint density at radius 1 is 1.22 bits per heavy atom. The zero-order chi connectivity index (χ0) is 13.8. The summed E-state index contributed by atoms with van der Waals surface area (Å²) in [6.07, 6.45) is 0.723. The Hall–Kier alpha value is -1.75. The molecule has 0 heterocycles. The van der Waals surface area contributed by atoms with Gasteiger partial charge in [-0.25, -0.2) is 0 Å². The van der Waals surface area contributed by atoms with E-state index in [9.17, 15) is 5.26 Å². The first-order chi connectivity index (χ1) is 8.43. The van der Waals surface area contributed by atoms with Crippen LogP contribution < -0.4 is 0 Å². The minimum Gasteiger partial charge on any atom is -0.500 e. The topological polar surface area (TPSA) is 33.0 Å². The van der Waals surface area contributed by atoms with Crippen LogP contribution in [0.1, 0.15) is 45.2 Å². The highest BCUT2D eigenvalue weighted by molar-refractivity contribution is 5.78. The molecule has 0 amide bonds. The molecule has 0 fully saturated rings. The summed E-state index contributed by atoms with van der Waals surface area (Å²) in [7, 11) is 1.61. The molecule has 0 atom stereocenters. The monoisotopic (exact) mass is 243 g/mol. The summed E-state index contributed by atoms with van der Waals surface area (Å²) in [6, 6.07) is 10.4. The van der Waals surface area contributed by atoms with Gasteiger partial charge in [-0.1, -0.05) is 52.0 Å². The van der Waals surface area contributed by atoms with Crippen LogP contribution in [0.15, 0.2) is 30.0 Å². The van der Waals surface area contributed by atoms with E-state index < -0.39 is 0 Å². The maximum absolute atomic E-state index is 9.25. The fraction of sp³-hybridized carbons (Fsp3) is 0.438. The Morgan fingerprint density at radius 2 is 1.78 bits per heavy atom. The second-order valence-electron chi connectivity index (χ2n) is 5.30. The van der Waals surface area contributed by atoms with Crippen molar-refractivity contribution in [3.63, 3.8) is 0 Å². The summed E-state index contributed by atoms with van der Waals surface area (Å²) in [5.41, 5.74) is 2.94. The van der Waals surface area contributed by atoms with Gasteiger partial charge in [0.1, 0.15) is 11.8 Å². The van der Waals surface area contributed by atoms with Gasteiger partial charge in [-0.3, -0.25) is 0 Å². The summed E-state index contributed by atoms with van der Waals surface area (Å²) < 4.78 is 5.26. The van der Waals surface area contributed by atoms with Gasteiger partial charge in [-0.2, -0.15) is 5.26 Å². The van der Waals surface area contributed by atoms with Crippen LogP contribution in [0.3, 0.4) is 0 Å². The van der Waals surface area contributed by atoms with Crippen molar-refractivity contribution in [2.24, 2.45) is 0 Å². The molecule has 0 aliphatic heterocycles. The SMILES string of the molecule is CC/C(OC)=C(/C#N)c1ccc(C(C)(C)C)cc1. The number of hydrogen-bond donors (Lipinski definition) is 0. The van der Waals surface area contributed by atoms with E-state index in [0.717, 1.165) is 17.7 Å². The first-order valence-electron chi connectivity index (χ1n) is 6.22. The average Bonchev–Trinajstić information content (AvgIpc) is 2.35. The molecule has 0 N–H and O–H groups in total. The lowest BCUT2D eigenvalue weighted by molar-refractivity contribution is 0.283. The molecule has 0 aliphatic carbocycles. The second-order valence-corrected chi connectivity index (χ2v) is 5.30. The van der Waals surface area contributed by atoms with Crippen LogP contribution in [0.2, 0.25) is 0 Å². The molecule has 0 bridgehead atoms. The van der Waals surface area contributed by atoms with Gasteiger partial charge in [0.25, 0.3) is 0 Å². The molecular formula is C16H21NO. The summed E-state index contributed by atoms with van der Waals surface area (Å²) in [4.78, 5) is 0. The van der Waals surface area contributed by atoms with Crippen molar-refractivity contribution in [2.45, 2.75) is 39.5 Å². The number of nitrogens with zero attached hydrogens (tertiary/aromatic N) is 1. The zero-order valence-corrected chi connectivity index (χ0v) is 11.9. The molecule has 0 aromatic heterocycles. The lowest BCUT2D eigenvalue weighted by Crippen LogP contribution is -2.10. The maximum atomic E-state index is 9.25. The van der Waals surface area contributed by atoms with Crippen molar-refractivity contribution in [3.8, 4) is 6.07 Å². The van der Waals surface area contributed by atoms with Crippen molar-refractivity contribution >= 4 is 5.57 Å². The van der Waals surface area contributed by atoms with Gasteiger partial charge in [0.2, 0.25) is 0 Å². The average molecular weight is 243 g/mol. The van der Waals surface area contributed by atoms with E-state index in [1.807, 2.05) is 19.1 Å². The van der Waals surface area contributed by atoms with Gasteiger partial charge in [-0.15, -0.1) is 0 Å². The minimum absolute atomic E-state index is 0.129. The van der Waals surface area contributed by atoms with Crippen LogP contribution >= 0.6 is 0 Å². The third-order valence-corrected chi connectivity index (χ3v) is 3.00. The molecule has 2 heteroatoms. The van der Waals surface area contributed by atoms with Crippen LogP contribution in [-0.2, 0) is 10.2 Å². The molecule has 0 radical (unpaired) electrons. The predicted octanol–water partition coefficient (Wildman–Crippen LogP) is 4.28. The first kappa shape index (κ1) is 14.3. The molecule has 0 aliphatic rings. The molecule has 0 spiro atoms. The van der Waals surface area contributed by atoms with E-state index in [-0.39, 0.29) is 5.41 Å². The van der Waals surface area contributed by atoms with Crippen LogP contribution in [0, 0.1) is 11.3 Å². The second kappa shape index (κ2) is 5.73. The normalized spacial score (nSPS) is 12.7. The van der Waals surface area contributed by atoms with Crippen LogP contribution in [-0.4, -0.2) is 7.11 Å². The van der Waals surface area contributed by atoms with E-state index in [1.54, 1.807) is 7.11 Å². The standard InChI is InChI=1S/C16H21NO/c1-6-15(18-5)14(11-17)12-7-9-13(10-8-12)16(2,3)4/h7-10H,6H2,1-5H3/b15-14+. The molecule has 1 aromatic rings. The summed E-state index contributed by atoms with van der Waals surface area (Å²) >= 11 is 0. The number of methoxy groups -OCH3 is 1. The maximum Gasteiger partial charge on any atom is 0.114 e. The fourth-order valence-electron chi connectivity index (χ4n) is 1.85. The molecule has 0 saturated carbocycles. The van der Waals surface area contributed by atoms with E-state index in [1.165, 1.54) is 5.56 Å². The van der Waals surface area contributed by atoms with Crippen molar-refractivity contribution < 1.29 is 4.74 Å². The third kappa shape index (κ3) is 3.13. The Labute approximate surface area is 110 Å². The predicted molar refractivity (Wildman–Crippen MR) is 75.0 cm³/mol. The van der Waals surface area contributed by atoms with Crippen molar-refractivity contribution in [1.82, 2.24) is 0 Å². The molecular weight excluding hydrogens is 222 g/mol. The van der Waals surface area contributed by atoms with Gasteiger partial charge in [0.05, 0.1) is 12.7 Å². The molecule has 18 heavy (non-hydrogen) atoms. The number of benzene rings is 1. The van der Waals surface area contributed by atoms with Crippen molar-refractivity contribution in [3.05, 3.63) is 41.2 Å². The van der Waals surface area contributed by atoms with Gasteiger partial charge in [0.15, 0.2) is 0 Å². The van der Waals surface area contributed by atoms with E-state index in [4.69, 9.17) is 4.74 Å². The lowest BCUT2D eigenvalue weighted by Gasteiger charge is -2.19. The van der Waals surface area contributed by atoms with Gasteiger partial charge < -0.3 is 4.74 Å². The number of ether oxygens (including phenoxy) is 1. The zero-order valence-electron chi connectivity index (χ0n) is 11.9. The number of allylic oxidation sites excluding steroid dienone is 2. The van der Waals surface area contributed by atoms with Crippen LogP contribution in [0.4, 0.5) is 0 Å². The van der Waals surface area contributed by atoms with Crippen LogP contribution in [0.25, 0.3) is 5.57 Å². The molecule has 0 unspecified atom stereocenters. The lowest BCUT2D eigenvalue weighted by atomic mass is 9.86. The Balaban J connectivity index is 3.20. The number of nitriles is 1. The van der Waals surface area contributed by atoms with E-state index in [0.29, 0.717) is 5.57 Å². The highest BCUT2D eigenvalue weighted by Gasteiger charge is 2.14. The Bertz CT molecular complexity index is 463. The fourth-order valence-corrected chi connectivity index (χ4v) is 1.85. The van der Waals surface area contributed by atoms with Gasteiger partial charge in [0, 0.05) is 6.42 Å². The van der Waals surface area contributed by atoms with E-state index >= 15 is 0 Å².